The summed E-state index contributed by atoms with van der Waals surface area (Å²) in [5, 5.41) is 0. The minimum absolute atomic E-state index is 0.349. The van der Waals surface area contributed by atoms with Gasteiger partial charge in [-0.15, -0.1) is 0 Å². The fourth-order valence-corrected chi connectivity index (χ4v) is 2.54. The number of ether oxygens (including phenoxy) is 1. The minimum atomic E-state index is -0.369. The van der Waals surface area contributed by atoms with Crippen LogP contribution >= 0.6 is 31.9 Å². The maximum absolute atomic E-state index is 11.5. The molecule has 0 spiro atoms. The van der Waals surface area contributed by atoms with E-state index in [0.717, 1.165) is 0 Å². The molecule has 0 radical (unpaired) electrons. The summed E-state index contributed by atoms with van der Waals surface area (Å²) in [5.74, 6) is -0.369. The zero-order chi connectivity index (χ0) is 10.7. The number of nitrogen functional groups attached to an aromatic ring is 1. The normalized spacial score (nSPS) is 9.93. The van der Waals surface area contributed by atoms with E-state index in [2.05, 4.69) is 31.9 Å². The third kappa shape index (κ3) is 2.48. The first kappa shape index (κ1) is 11.5. The quantitative estimate of drug-likeness (QED) is 0.672. The van der Waals surface area contributed by atoms with Crippen molar-refractivity contribution in [3.63, 3.8) is 0 Å². The highest BCUT2D eigenvalue weighted by Crippen LogP contribution is 2.29. The van der Waals surface area contributed by atoms with Gasteiger partial charge < -0.3 is 10.5 Å². The first-order valence-electron chi connectivity index (χ1n) is 3.98. The summed E-state index contributed by atoms with van der Waals surface area (Å²) in [6.07, 6.45) is 0. The Hall–Kier alpha value is -0.550. The van der Waals surface area contributed by atoms with Crippen LogP contribution in [0.15, 0.2) is 21.1 Å². The van der Waals surface area contributed by atoms with Crippen molar-refractivity contribution in [2.24, 2.45) is 0 Å². The molecule has 5 heteroatoms. The second kappa shape index (κ2) is 4.79. The molecule has 1 rings (SSSR count). The maximum Gasteiger partial charge on any atom is 0.340 e. The monoisotopic (exact) mass is 321 g/mol. The van der Waals surface area contributed by atoms with Gasteiger partial charge in [-0.3, -0.25) is 0 Å². The fraction of sp³-hybridized carbons (Fsp3) is 0.222. The lowest BCUT2D eigenvalue weighted by atomic mass is 10.2. The molecule has 0 saturated carbocycles. The van der Waals surface area contributed by atoms with Gasteiger partial charge in [0.2, 0.25) is 0 Å². The maximum atomic E-state index is 11.5. The van der Waals surface area contributed by atoms with Gasteiger partial charge >= 0.3 is 5.97 Å². The van der Waals surface area contributed by atoms with Crippen molar-refractivity contribution in [1.29, 1.82) is 0 Å². The molecule has 0 aliphatic rings. The lowest BCUT2D eigenvalue weighted by Gasteiger charge is -2.07. The zero-order valence-corrected chi connectivity index (χ0v) is 10.7. The van der Waals surface area contributed by atoms with Gasteiger partial charge in [-0.25, -0.2) is 4.79 Å². The largest absolute Gasteiger partial charge is 0.462 e. The van der Waals surface area contributed by atoms with Gasteiger partial charge in [-0.2, -0.15) is 0 Å². The molecule has 0 unspecified atom stereocenters. The van der Waals surface area contributed by atoms with Crippen molar-refractivity contribution in [3.05, 3.63) is 26.6 Å². The van der Waals surface area contributed by atoms with Crippen LogP contribution in [0.3, 0.4) is 0 Å². The fourth-order valence-electron chi connectivity index (χ4n) is 0.991. The number of rotatable bonds is 2. The van der Waals surface area contributed by atoms with Gasteiger partial charge in [-0.1, -0.05) is 0 Å². The molecular formula is C9H9Br2NO2. The summed E-state index contributed by atoms with van der Waals surface area (Å²) >= 11 is 6.52. The van der Waals surface area contributed by atoms with E-state index >= 15 is 0 Å². The van der Waals surface area contributed by atoms with Crippen LogP contribution in [-0.2, 0) is 4.74 Å². The van der Waals surface area contributed by atoms with Crippen molar-refractivity contribution < 1.29 is 9.53 Å². The lowest BCUT2D eigenvalue weighted by molar-refractivity contribution is 0.0524. The van der Waals surface area contributed by atoms with E-state index in [9.17, 15) is 4.79 Å². The van der Waals surface area contributed by atoms with Gasteiger partial charge in [0.25, 0.3) is 0 Å². The molecule has 0 bridgehead atoms. The average molecular weight is 323 g/mol. The highest BCUT2D eigenvalue weighted by molar-refractivity contribution is 9.11. The Bertz CT molecular complexity index is 343. The Morgan fingerprint density at radius 2 is 1.93 bits per heavy atom. The topological polar surface area (TPSA) is 52.3 Å². The van der Waals surface area contributed by atoms with Gasteiger partial charge in [0, 0.05) is 14.6 Å². The van der Waals surface area contributed by atoms with Crippen LogP contribution in [0.4, 0.5) is 5.69 Å². The van der Waals surface area contributed by atoms with E-state index < -0.39 is 0 Å². The Morgan fingerprint density at radius 1 is 1.43 bits per heavy atom. The molecule has 14 heavy (non-hydrogen) atoms. The number of carbonyl (C=O) groups is 1. The number of hydrogen-bond donors (Lipinski definition) is 1. The van der Waals surface area contributed by atoms with Gasteiger partial charge in [-0.05, 0) is 50.9 Å². The van der Waals surface area contributed by atoms with Crippen LogP contribution in [0.2, 0.25) is 0 Å². The predicted octanol–water partition coefficient (Wildman–Crippen LogP) is 2.97. The second-order valence-corrected chi connectivity index (χ2v) is 4.29. The predicted molar refractivity (Wildman–Crippen MR) is 62.2 cm³/mol. The molecule has 0 aliphatic carbocycles. The number of halogens is 2. The number of carbonyl (C=O) groups excluding carboxylic acids is 1. The molecule has 0 heterocycles. The van der Waals surface area contributed by atoms with Crippen LogP contribution < -0.4 is 5.73 Å². The number of nitrogens with two attached hydrogens (primary N) is 1. The minimum Gasteiger partial charge on any atom is -0.462 e. The van der Waals surface area contributed by atoms with Crippen LogP contribution in [-0.4, -0.2) is 12.6 Å². The van der Waals surface area contributed by atoms with E-state index in [4.69, 9.17) is 10.5 Å². The Labute approximate surface area is 98.9 Å². The van der Waals surface area contributed by atoms with Crippen LogP contribution in [0.5, 0.6) is 0 Å². The van der Waals surface area contributed by atoms with Crippen molar-refractivity contribution in [2.75, 3.05) is 12.3 Å². The summed E-state index contributed by atoms with van der Waals surface area (Å²) in [5.41, 5.74) is 6.63. The zero-order valence-electron chi connectivity index (χ0n) is 7.51. The Kier molecular flexibility index (Phi) is 3.95. The van der Waals surface area contributed by atoms with Crippen LogP contribution in [0, 0.1) is 0 Å². The SMILES string of the molecule is CCOC(=O)c1c(Br)cc(N)cc1Br. The first-order chi connectivity index (χ1) is 6.56. The summed E-state index contributed by atoms with van der Waals surface area (Å²) in [6.45, 7) is 2.11. The smallest absolute Gasteiger partial charge is 0.340 e. The standard InChI is InChI=1S/C9H9Br2NO2/c1-2-14-9(13)8-6(10)3-5(12)4-7(8)11/h3-4H,2,12H2,1H3. The van der Waals surface area contributed by atoms with E-state index in [1.807, 2.05) is 0 Å². The van der Waals surface area contributed by atoms with Crippen molar-refractivity contribution in [3.8, 4) is 0 Å². The molecule has 2 N–H and O–H groups in total. The number of esters is 1. The molecule has 0 saturated heterocycles. The first-order valence-corrected chi connectivity index (χ1v) is 5.56. The molecule has 0 aromatic heterocycles. The number of hydrogen-bond acceptors (Lipinski definition) is 3. The lowest BCUT2D eigenvalue weighted by Crippen LogP contribution is -2.07. The average Bonchev–Trinajstić information content (AvgIpc) is 2.01. The molecule has 0 aliphatic heterocycles. The van der Waals surface area contributed by atoms with Gasteiger partial charge in [0.15, 0.2) is 0 Å². The number of benzene rings is 1. The Morgan fingerprint density at radius 3 is 2.36 bits per heavy atom. The van der Waals surface area contributed by atoms with E-state index in [-0.39, 0.29) is 5.97 Å². The molecule has 1 aromatic carbocycles. The molecule has 3 nitrogen and oxygen atoms in total. The van der Waals surface area contributed by atoms with E-state index in [1.54, 1.807) is 19.1 Å². The highest BCUT2D eigenvalue weighted by Gasteiger charge is 2.15. The van der Waals surface area contributed by atoms with Crippen molar-refractivity contribution in [1.82, 2.24) is 0 Å². The third-order valence-corrected chi connectivity index (χ3v) is 2.79. The highest BCUT2D eigenvalue weighted by atomic mass is 79.9. The van der Waals surface area contributed by atoms with Gasteiger partial charge in [0.1, 0.15) is 0 Å². The molecule has 76 valence electrons. The molecular weight excluding hydrogens is 314 g/mol. The third-order valence-electron chi connectivity index (χ3n) is 1.54. The summed E-state index contributed by atoms with van der Waals surface area (Å²) in [6, 6.07) is 3.33. The summed E-state index contributed by atoms with van der Waals surface area (Å²) in [7, 11) is 0. The van der Waals surface area contributed by atoms with E-state index in [0.29, 0.717) is 26.8 Å². The van der Waals surface area contributed by atoms with Gasteiger partial charge in [0.05, 0.1) is 12.2 Å². The molecule has 1 aromatic rings. The van der Waals surface area contributed by atoms with E-state index in [1.165, 1.54) is 0 Å². The second-order valence-electron chi connectivity index (χ2n) is 2.58. The number of anilines is 1. The van der Waals surface area contributed by atoms with Crippen LogP contribution in [0.1, 0.15) is 17.3 Å². The summed E-state index contributed by atoms with van der Waals surface area (Å²) < 4.78 is 6.14. The van der Waals surface area contributed by atoms with Crippen molar-refractivity contribution >= 4 is 43.5 Å². The van der Waals surface area contributed by atoms with Crippen LogP contribution in [0.25, 0.3) is 0 Å². The van der Waals surface area contributed by atoms with Crippen molar-refractivity contribution in [2.45, 2.75) is 6.92 Å². The molecule has 0 amide bonds. The molecule has 0 atom stereocenters. The summed E-state index contributed by atoms with van der Waals surface area (Å²) in [4.78, 5) is 11.5. The Balaban J connectivity index is 3.14. The molecule has 0 fully saturated rings.